The Bertz CT molecular complexity index is 1350. The Morgan fingerprint density at radius 1 is 1.08 bits per heavy atom. The van der Waals surface area contributed by atoms with Crippen molar-refractivity contribution in [2.45, 2.75) is 52.7 Å². The normalized spacial score (nSPS) is 17.7. The number of hydrogen-bond acceptors (Lipinski definition) is 7. The van der Waals surface area contributed by atoms with Gasteiger partial charge in [0.2, 0.25) is 0 Å². The fourth-order valence-corrected chi connectivity index (χ4v) is 4.91. The zero-order valence-corrected chi connectivity index (χ0v) is 22.2. The van der Waals surface area contributed by atoms with Gasteiger partial charge in [-0.25, -0.2) is 4.79 Å². The average molecular weight is 547 g/mol. The third kappa shape index (κ3) is 6.59. The second-order valence-electron chi connectivity index (χ2n) is 9.62. The molecule has 1 aliphatic rings. The summed E-state index contributed by atoms with van der Waals surface area (Å²) < 4.78 is 59.5. The fourth-order valence-electron chi connectivity index (χ4n) is 4.91. The molecule has 0 radical (unpaired) electrons. The first-order valence-electron chi connectivity index (χ1n) is 12.3. The minimum Gasteiger partial charge on any atom is -0.465 e. The molecule has 0 N–H and O–H groups in total. The van der Waals surface area contributed by atoms with Gasteiger partial charge in [0.25, 0.3) is 5.91 Å². The minimum atomic E-state index is -4.95. The number of esters is 1. The molecular formula is C28H29F3N2O6. The van der Waals surface area contributed by atoms with Gasteiger partial charge in [0.15, 0.2) is 0 Å². The van der Waals surface area contributed by atoms with Gasteiger partial charge in [0, 0.05) is 24.2 Å². The quantitative estimate of drug-likeness (QED) is 0.378. The molecule has 11 heteroatoms. The monoisotopic (exact) mass is 546 g/mol. The maximum atomic E-state index is 13.3. The molecule has 3 aromatic rings. The van der Waals surface area contributed by atoms with E-state index in [2.05, 4.69) is 9.89 Å². The van der Waals surface area contributed by atoms with Gasteiger partial charge in [0.05, 0.1) is 30.6 Å². The summed E-state index contributed by atoms with van der Waals surface area (Å²) in [6, 6.07) is 8.89. The van der Waals surface area contributed by atoms with Crippen LogP contribution in [0.4, 0.5) is 13.2 Å². The summed E-state index contributed by atoms with van der Waals surface area (Å²) in [5.74, 6) is -1.01. The Morgan fingerprint density at radius 2 is 1.77 bits per heavy atom. The van der Waals surface area contributed by atoms with E-state index < -0.39 is 24.0 Å². The molecule has 0 unspecified atom stereocenters. The van der Waals surface area contributed by atoms with E-state index in [0.717, 1.165) is 11.6 Å². The van der Waals surface area contributed by atoms with Gasteiger partial charge in [-0.05, 0) is 75.1 Å². The highest BCUT2D eigenvalue weighted by Gasteiger charge is 2.32. The number of benzene rings is 2. The minimum absolute atomic E-state index is 0.0393. The van der Waals surface area contributed by atoms with Crippen LogP contribution < -0.4 is 4.74 Å². The van der Waals surface area contributed by atoms with E-state index in [9.17, 15) is 22.8 Å². The van der Waals surface area contributed by atoms with Crippen molar-refractivity contribution in [1.29, 1.82) is 0 Å². The molecule has 39 heavy (non-hydrogen) atoms. The van der Waals surface area contributed by atoms with Crippen LogP contribution in [0.25, 0.3) is 11.1 Å². The largest absolute Gasteiger partial charge is 0.573 e. The van der Waals surface area contributed by atoms with Crippen molar-refractivity contribution in [3.63, 3.8) is 0 Å². The number of alkyl halides is 3. The van der Waals surface area contributed by atoms with Crippen LogP contribution in [0.5, 0.6) is 5.75 Å². The highest BCUT2D eigenvalue weighted by Crippen LogP contribution is 2.31. The Kier molecular flexibility index (Phi) is 8.01. The summed E-state index contributed by atoms with van der Waals surface area (Å²) in [6.07, 6.45) is -5.35. The number of rotatable bonds is 6. The third-order valence-electron chi connectivity index (χ3n) is 6.39. The van der Waals surface area contributed by atoms with Crippen molar-refractivity contribution in [2.24, 2.45) is 0 Å². The SMILES string of the molecule is COC(=O)c1cc(-c2c(C)noc2C)ccc1Cc1cc(OC(F)(F)F)cc(C(=O)N2C[C@@H](C)O[C@@H](C)C2)c1. The van der Waals surface area contributed by atoms with Crippen LogP contribution in [-0.4, -0.2) is 60.7 Å². The number of morpholine rings is 1. The topological polar surface area (TPSA) is 91.1 Å². The zero-order chi connectivity index (χ0) is 28.5. The van der Waals surface area contributed by atoms with Gasteiger partial charge in [-0.15, -0.1) is 13.2 Å². The van der Waals surface area contributed by atoms with Crippen LogP contribution >= 0.6 is 0 Å². The number of aromatic nitrogens is 1. The second-order valence-corrected chi connectivity index (χ2v) is 9.62. The first-order valence-corrected chi connectivity index (χ1v) is 12.3. The predicted molar refractivity (Wildman–Crippen MR) is 135 cm³/mol. The van der Waals surface area contributed by atoms with Crippen molar-refractivity contribution in [2.75, 3.05) is 20.2 Å². The number of halogens is 3. The summed E-state index contributed by atoms with van der Waals surface area (Å²) in [4.78, 5) is 27.6. The summed E-state index contributed by atoms with van der Waals surface area (Å²) in [6.45, 7) is 7.78. The first kappa shape index (κ1) is 28.2. The Hall–Kier alpha value is -3.86. The lowest BCUT2D eigenvalue weighted by atomic mass is 9.94. The molecule has 0 saturated carbocycles. The number of amides is 1. The van der Waals surface area contributed by atoms with Crippen LogP contribution in [-0.2, 0) is 15.9 Å². The van der Waals surface area contributed by atoms with Crippen LogP contribution in [0.15, 0.2) is 40.9 Å². The Balaban J connectivity index is 1.74. The average Bonchev–Trinajstić information content (AvgIpc) is 3.19. The lowest BCUT2D eigenvalue weighted by molar-refractivity contribution is -0.274. The molecule has 0 spiro atoms. The summed E-state index contributed by atoms with van der Waals surface area (Å²) in [7, 11) is 1.24. The van der Waals surface area contributed by atoms with E-state index in [4.69, 9.17) is 14.0 Å². The lowest BCUT2D eigenvalue weighted by Gasteiger charge is -2.35. The van der Waals surface area contributed by atoms with E-state index in [-0.39, 0.29) is 29.8 Å². The summed E-state index contributed by atoms with van der Waals surface area (Å²) in [5, 5.41) is 3.95. The van der Waals surface area contributed by atoms with Crippen molar-refractivity contribution in [3.8, 4) is 16.9 Å². The molecule has 0 bridgehead atoms. The van der Waals surface area contributed by atoms with Crippen LogP contribution in [0.3, 0.4) is 0 Å². The standard InChI is InChI=1S/C28H29F3N2O6/c1-15-13-33(14-16(2)37-15)26(34)22-9-19(10-23(11-22)38-28(29,30)31)8-20-6-7-21(12-24(20)27(35)36-5)25-17(3)32-39-18(25)4/h6-7,9-12,15-16H,8,13-14H2,1-5H3/t15-,16+. The van der Waals surface area contributed by atoms with Crippen LogP contribution in [0.1, 0.15) is 57.1 Å². The Morgan fingerprint density at radius 3 is 2.36 bits per heavy atom. The molecule has 1 fully saturated rings. The van der Waals surface area contributed by atoms with E-state index in [1.54, 1.807) is 36.9 Å². The number of hydrogen-bond donors (Lipinski definition) is 0. The molecule has 1 aromatic heterocycles. The van der Waals surface area contributed by atoms with Gasteiger partial charge >= 0.3 is 12.3 Å². The van der Waals surface area contributed by atoms with Crippen molar-refractivity contribution in [3.05, 3.63) is 70.1 Å². The molecule has 208 valence electrons. The molecule has 1 amide bonds. The van der Waals surface area contributed by atoms with E-state index >= 15 is 0 Å². The van der Waals surface area contributed by atoms with Crippen LogP contribution in [0.2, 0.25) is 0 Å². The first-order chi connectivity index (χ1) is 18.3. The number of ether oxygens (including phenoxy) is 3. The van der Waals surface area contributed by atoms with Crippen LogP contribution in [0, 0.1) is 13.8 Å². The Labute approximate surface area is 223 Å². The molecule has 1 saturated heterocycles. The zero-order valence-electron chi connectivity index (χ0n) is 22.2. The maximum Gasteiger partial charge on any atom is 0.573 e. The molecule has 2 atom stereocenters. The van der Waals surface area contributed by atoms with Crippen molar-refractivity contribution in [1.82, 2.24) is 10.1 Å². The highest BCUT2D eigenvalue weighted by molar-refractivity contribution is 5.95. The smallest absolute Gasteiger partial charge is 0.465 e. The van der Waals surface area contributed by atoms with E-state index in [0.29, 0.717) is 41.2 Å². The van der Waals surface area contributed by atoms with Gasteiger partial charge in [-0.3, -0.25) is 4.79 Å². The molecule has 8 nitrogen and oxygen atoms in total. The molecule has 2 heterocycles. The number of aryl methyl sites for hydroxylation is 2. The van der Waals surface area contributed by atoms with E-state index in [1.165, 1.54) is 19.2 Å². The number of methoxy groups -OCH3 is 1. The molecule has 1 aliphatic heterocycles. The lowest BCUT2D eigenvalue weighted by Crippen LogP contribution is -2.48. The number of carbonyl (C=O) groups excluding carboxylic acids is 2. The summed E-state index contributed by atoms with van der Waals surface area (Å²) in [5.41, 5.74) is 3.16. The molecule has 2 aromatic carbocycles. The highest BCUT2D eigenvalue weighted by atomic mass is 19.4. The second kappa shape index (κ2) is 11.1. The van der Waals surface area contributed by atoms with Gasteiger partial charge in [0.1, 0.15) is 11.5 Å². The van der Waals surface area contributed by atoms with Gasteiger partial charge in [-0.1, -0.05) is 17.3 Å². The number of carbonyl (C=O) groups is 2. The van der Waals surface area contributed by atoms with Gasteiger partial charge < -0.3 is 23.6 Å². The van der Waals surface area contributed by atoms with Crippen molar-refractivity contribution >= 4 is 11.9 Å². The molecular weight excluding hydrogens is 517 g/mol. The van der Waals surface area contributed by atoms with E-state index in [1.807, 2.05) is 13.8 Å². The van der Waals surface area contributed by atoms with Gasteiger partial charge in [-0.2, -0.15) is 0 Å². The molecule has 4 rings (SSSR count). The predicted octanol–water partition coefficient (Wildman–Crippen LogP) is 5.48. The summed E-state index contributed by atoms with van der Waals surface area (Å²) >= 11 is 0. The third-order valence-corrected chi connectivity index (χ3v) is 6.39. The number of nitrogens with zero attached hydrogens (tertiary/aromatic N) is 2. The molecule has 0 aliphatic carbocycles. The van der Waals surface area contributed by atoms with Crippen molar-refractivity contribution < 1.29 is 41.5 Å². The maximum absolute atomic E-state index is 13.3. The fraction of sp³-hybridized carbons (Fsp3) is 0.393.